The van der Waals surface area contributed by atoms with Gasteiger partial charge in [-0.25, -0.2) is 22.4 Å². The minimum Gasteiger partial charge on any atom is -0.306 e. The Morgan fingerprint density at radius 3 is 2.51 bits per heavy atom. The molecule has 0 aromatic carbocycles. The second kappa shape index (κ2) is 13.3. The molecule has 230 valence electrons. The van der Waals surface area contributed by atoms with Crippen molar-refractivity contribution in [3.8, 4) is 5.82 Å². The first-order valence-electron chi connectivity index (χ1n) is 14.8. The van der Waals surface area contributed by atoms with E-state index in [1.807, 2.05) is 25.1 Å². The van der Waals surface area contributed by atoms with Crippen molar-refractivity contribution in [2.45, 2.75) is 63.5 Å². The van der Waals surface area contributed by atoms with E-state index in [2.05, 4.69) is 25.3 Å². The second-order valence-electron chi connectivity index (χ2n) is 11.5. The van der Waals surface area contributed by atoms with E-state index in [4.69, 9.17) is 5.10 Å². The van der Waals surface area contributed by atoms with Crippen molar-refractivity contribution in [2.75, 3.05) is 38.8 Å². The Balaban J connectivity index is 1.26. The zero-order valence-corrected chi connectivity index (χ0v) is 26.1. The van der Waals surface area contributed by atoms with Gasteiger partial charge in [0.15, 0.2) is 5.82 Å². The van der Waals surface area contributed by atoms with Crippen molar-refractivity contribution < 1.29 is 13.2 Å². The van der Waals surface area contributed by atoms with E-state index in [0.717, 1.165) is 62.9 Å². The number of hydrogen-bond donors (Lipinski definition) is 1. The van der Waals surface area contributed by atoms with Crippen LogP contribution in [0.4, 0.5) is 5.82 Å². The van der Waals surface area contributed by atoms with Crippen LogP contribution in [0.5, 0.6) is 0 Å². The molecule has 1 saturated heterocycles. The molecule has 1 aliphatic carbocycles. The lowest BCUT2D eigenvalue weighted by atomic mass is 9.87. The highest BCUT2D eigenvalue weighted by Crippen LogP contribution is 2.34. The number of aromatic nitrogens is 5. The molecule has 0 atom stereocenters. The van der Waals surface area contributed by atoms with Gasteiger partial charge >= 0.3 is 0 Å². The molecule has 3 aromatic heterocycles. The topological polar surface area (TPSA) is 131 Å². The van der Waals surface area contributed by atoms with Crippen LogP contribution in [0.3, 0.4) is 0 Å². The summed E-state index contributed by atoms with van der Waals surface area (Å²) in [6.07, 6.45) is 17.1. The number of allylic oxidation sites excluding steroid dienone is 1. The van der Waals surface area contributed by atoms with Gasteiger partial charge in [0, 0.05) is 63.0 Å². The summed E-state index contributed by atoms with van der Waals surface area (Å²) in [6.45, 7) is 3.92. The fraction of sp³-hybridized carbons (Fsp3) is 0.500. The molecule has 0 spiro atoms. The molecule has 2 aliphatic rings. The summed E-state index contributed by atoms with van der Waals surface area (Å²) in [4.78, 5) is 24.2. The second-order valence-corrected chi connectivity index (χ2v) is 13.6. The lowest BCUT2D eigenvalue weighted by Crippen LogP contribution is -2.46. The van der Waals surface area contributed by atoms with E-state index >= 15 is 0 Å². The number of piperidine rings is 1. The molecule has 4 heterocycles. The van der Waals surface area contributed by atoms with Gasteiger partial charge in [-0.2, -0.15) is 14.9 Å². The third-order valence-electron chi connectivity index (χ3n) is 8.59. The number of pyridine rings is 1. The molecule has 0 bridgehead atoms. The molecule has 5 rings (SSSR count). The van der Waals surface area contributed by atoms with Crippen LogP contribution >= 0.6 is 0 Å². The van der Waals surface area contributed by atoms with Gasteiger partial charge in [-0.05, 0) is 76.2 Å². The molecule has 13 heteroatoms. The largest absolute Gasteiger partial charge is 0.306 e. The standard InChI is InChI=1S/C30H41N9O3S/c1-22-6-11-28(32-19-22)39-29(34-30(40)24-20-33-38(21-24)15-5-14-31-2)18-27(35-39)23-12-16-37(17-13-23)26-9-7-25(8-10-26)36(3)43(4,41)42/h5-6,11,14-15,18-21,23,25-26H,7-10,12-13,16-17H2,1-4H3,(H,34,40)/b15-5-,31-14?. The smallest absolute Gasteiger partial charge is 0.260 e. The van der Waals surface area contributed by atoms with Gasteiger partial charge in [0.25, 0.3) is 5.91 Å². The Hall–Kier alpha value is -3.68. The number of aryl methyl sites for hydroxylation is 1. The molecule has 1 aliphatic heterocycles. The fourth-order valence-electron chi connectivity index (χ4n) is 6.00. The van der Waals surface area contributed by atoms with E-state index in [9.17, 15) is 13.2 Å². The molecular formula is C30H41N9O3S. The van der Waals surface area contributed by atoms with Crippen molar-refractivity contribution in [3.05, 3.63) is 59.7 Å². The van der Waals surface area contributed by atoms with Gasteiger partial charge in [-0.1, -0.05) is 6.07 Å². The summed E-state index contributed by atoms with van der Waals surface area (Å²) in [5.41, 5.74) is 2.41. The highest BCUT2D eigenvalue weighted by Gasteiger charge is 2.33. The number of nitrogens with one attached hydrogen (secondary N) is 1. The molecule has 43 heavy (non-hydrogen) atoms. The molecule has 1 N–H and O–H groups in total. The van der Waals surface area contributed by atoms with Crippen molar-refractivity contribution in [1.29, 1.82) is 0 Å². The molecular weight excluding hydrogens is 566 g/mol. The van der Waals surface area contributed by atoms with Crippen LogP contribution in [0.25, 0.3) is 12.0 Å². The highest BCUT2D eigenvalue weighted by atomic mass is 32.2. The monoisotopic (exact) mass is 607 g/mol. The van der Waals surface area contributed by atoms with E-state index in [-0.39, 0.29) is 17.9 Å². The summed E-state index contributed by atoms with van der Waals surface area (Å²) in [6, 6.07) is 6.43. The van der Waals surface area contributed by atoms with Crippen LogP contribution in [0.15, 0.2) is 47.9 Å². The number of anilines is 1. The molecule has 12 nitrogen and oxygen atoms in total. The zero-order valence-electron chi connectivity index (χ0n) is 25.3. The summed E-state index contributed by atoms with van der Waals surface area (Å²) < 4.78 is 28.7. The number of rotatable bonds is 9. The molecule has 0 radical (unpaired) electrons. The first-order chi connectivity index (χ1) is 20.6. The average Bonchev–Trinajstić information content (AvgIpc) is 3.65. The van der Waals surface area contributed by atoms with Gasteiger partial charge in [-0.15, -0.1) is 0 Å². The van der Waals surface area contributed by atoms with Crippen molar-refractivity contribution in [3.63, 3.8) is 0 Å². The summed E-state index contributed by atoms with van der Waals surface area (Å²) in [7, 11) is 0.218. The normalized spacial score (nSPS) is 20.9. The fourth-order valence-corrected chi connectivity index (χ4v) is 6.76. The summed E-state index contributed by atoms with van der Waals surface area (Å²) >= 11 is 0. The Morgan fingerprint density at radius 2 is 1.86 bits per heavy atom. The first-order valence-corrected chi connectivity index (χ1v) is 16.6. The first kappa shape index (κ1) is 30.8. The molecule has 1 amide bonds. The van der Waals surface area contributed by atoms with Crippen molar-refractivity contribution >= 4 is 34.2 Å². The van der Waals surface area contributed by atoms with Crippen molar-refractivity contribution in [2.24, 2.45) is 4.99 Å². The van der Waals surface area contributed by atoms with Gasteiger partial charge in [0.1, 0.15) is 5.82 Å². The van der Waals surface area contributed by atoms with Crippen LogP contribution in [0.1, 0.15) is 66.1 Å². The SMILES string of the molecule is CN=C/C=C\n1cc(C(=O)Nc2cc(C3CCN(C4CCC(N(C)S(C)(=O)=O)CC4)CC3)nn2-c2ccc(C)cn2)cn1. The lowest BCUT2D eigenvalue weighted by molar-refractivity contribution is 0.102. The number of likely N-dealkylation sites (tertiary alicyclic amines) is 1. The predicted octanol–water partition coefficient (Wildman–Crippen LogP) is 3.58. The maximum Gasteiger partial charge on any atom is 0.260 e. The highest BCUT2D eigenvalue weighted by molar-refractivity contribution is 7.88. The number of carbonyl (C=O) groups excluding carboxylic acids is 1. The minimum absolute atomic E-state index is 0.0955. The average molecular weight is 608 g/mol. The molecule has 1 saturated carbocycles. The van der Waals surface area contributed by atoms with Crippen LogP contribution in [-0.4, -0.2) is 99.8 Å². The lowest BCUT2D eigenvalue weighted by Gasteiger charge is -2.41. The number of carbonyl (C=O) groups is 1. The van der Waals surface area contributed by atoms with E-state index < -0.39 is 10.0 Å². The van der Waals surface area contributed by atoms with Crippen LogP contribution in [0.2, 0.25) is 0 Å². The van der Waals surface area contributed by atoms with Gasteiger partial charge in [-0.3, -0.25) is 9.79 Å². The number of amides is 1. The Bertz CT molecular complexity index is 1560. The van der Waals surface area contributed by atoms with Gasteiger partial charge < -0.3 is 10.2 Å². The van der Waals surface area contributed by atoms with Gasteiger partial charge in [0.2, 0.25) is 10.0 Å². The van der Waals surface area contributed by atoms with Crippen LogP contribution in [0, 0.1) is 6.92 Å². The van der Waals surface area contributed by atoms with Crippen LogP contribution < -0.4 is 5.32 Å². The molecule has 3 aromatic rings. The number of nitrogens with zero attached hydrogens (tertiary/aromatic N) is 8. The van der Waals surface area contributed by atoms with Crippen LogP contribution in [-0.2, 0) is 10.0 Å². The Kier molecular flexibility index (Phi) is 9.52. The summed E-state index contributed by atoms with van der Waals surface area (Å²) in [5, 5.41) is 12.2. The number of hydrogen-bond acceptors (Lipinski definition) is 8. The Labute approximate surface area is 253 Å². The molecule has 0 unspecified atom stereocenters. The quantitative estimate of drug-likeness (QED) is 0.368. The van der Waals surface area contributed by atoms with Gasteiger partial charge in [0.05, 0.1) is 23.7 Å². The van der Waals surface area contributed by atoms with Crippen molar-refractivity contribution in [1.82, 2.24) is 33.8 Å². The third kappa shape index (κ3) is 7.46. The Morgan fingerprint density at radius 1 is 1.12 bits per heavy atom. The minimum atomic E-state index is -3.16. The number of sulfonamides is 1. The van der Waals surface area contributed by atoms with E-state index in [1.54, 1.807) is 54.3 Å². The number of aliphatic imine (C=N–C) groups is 1. The molecule has 2 fully saturated rings. The summed E-state index contributed by atoms with van der Waals surface area (Å²) in [5.74, 6) is 1.18. The zero-order chi connectivity index (χ0) is 30.6. The predicted molar refractivity (Wildman–Crippen MR) is 168 cm³/mol. The maximum atomic E-state index is 13.2. The van der Waals surface area contributed by atoms with E-state index in [1.165, 1.54) is 16.8 Å². The van der Waals surface area contributed by atoms with E-state index in [0.29, 0.717) is 23.2 Å². The maximum absolute atomic E-state index is 13.2. The third-order valence-corrected chi connectivity index (χ3v) is 9.93.